The maximum absolute atomic E-state index is 14.0. The number of rotatable bonds is 10. The Hall–Kier alpha value is -2.57. The fraction of sp³-hybridized carbons (Fsp3) is 0.536. The van der Waals surface area contributed by atoms with Crippen LogP contribution in [-0.2, 0) is 14.6 Å². The van der Waals surface area contributed by atoms with E-state index >= 15 is 0 Å². The summed E-state index contributed by atoms with van der Waals surface area (Å²) in [4.78, 5) is 15.4. The van der Waals surface area contributed by atoms with Gasteiger partial charge in [0.15, 0.2) is 9.84 Å². The molecule has 0 bridgehead atoms. The van der Waals surface area contributed by atoms with Crippen LogP contribution in [0.4, 0.5) is 22.0 Å². The highest BCUT2D eigenvalue weighted by atomic mass is 32.2. The molecule has 220 valence electrons. The molecule has 2 saturated heterocycles. The molecule has 3 atom stereocenters. The fourth-order valence-electron chi connectivity index (χ4n) is 5.92. The van der Waals surface area contributed by atoms with Gasteiger partial charge < -0.3 is 10.0 Å². The number of nitrogens with zero attached hydrogens (tertiary/aromatic N) is 2. The zero-order valence-electron chi connectivity index (χ0n) is 21.9. The van der Waals surface area contributed by atoms with Gasteiger partial charge in [0.1, 0.15) is 17.7 Å². The lowest BCUT2D eigenvalue weighted by Gasteiger charge is -2.35. The largest absolute Gasteiger partial charge is 0.480 e. The van der Waals surface area contributed by atoms with Gasteiger partial charge in [-0.05, 0) is 86.1 Å². The van der Waals surface area contributed by atoms with Gasteiger partial charge in [-0.3, -0.25) is 9.69 Å². The molecule has 4 rings (SSSR count). The van der Waals surface area contributed by atoms with Crippen molar-refractivity contribution < 1.29 is 40.3 Å². The zero-order chi connectivity index (χ0) is 29.1. The van der Waals surface area contributed by atoms with Crippen LogP contribution in [0.2, 0.25) is 0 Å². The summed E-state index contributed by atoms with van der Waals surface area (Å²) in [7, 11) is -3.53. The van der Waals surface area contributed by atoms with E-state index in [1.807, 2.05) is 0 Å². The van der Waals surface area contributed by atoms with Gasteiger partial charge in [0.25, 0.3) is 0 Å². The molecule has 6 nitrogen and oxygen atoms in total. The lowest BCUT2D eigenvalue weighted by molar-refractivity contribution is -0.165. The van der Waals surface area contributed by atoms with Crippen molar-refractivity contribution in [2.45, 2.75) is 48.7 Å². The third-order valence-corrected chi connectivity index (χ3v) is 9.83. The monoisotopic (exact) mass is 588 g/mol. The number of piperidine rings is 1. The molecule has 0 spiro atoms. The highest BCUT2D eigenvalue weighted by Gasteiger charge is 2.44. The van der Waals surface area contributed by atoms with Gasteiger partial charge in [-0.2, -0.15) is 13.2 Å². The highest BCUT2D eigenvalue weighted by Crippen LogP contribution is 2.37. The van der Waals surface area contributed by atoms with Gasteiger partial charge in [-0.15, -0.1) is 0 Å². The normalized spacial score (nSPS) is 22.4. The maximum Gasteiger partial charge on any atom is 0.391 e. The minimum absolute atomic E-state index is 0.0433. The Kier molecular flexibility index (Phi) is 9.51. The summed E-state index contributed by atoms with van der Waals surface area (Å²) >= 11 is 0. The molecule has 0 aromatic heterocycles. The standard InChI is InChI=1S/C28H33F5N2O4S/c29-22-4-6-24(7-5-22)40(38,39)13-10-19-8-11-34(12-9-19)16-21-17-35(26(27(36)37)15-28(31,32)33)18-25(21)20-2-1-3-23(30)14-20/h1-7,14,19,21,25-26H,8-13,15-18H2,(H,36,37). The Morgan fingerprint density at radius 3 is 2.27 bits per heavy atom. The highest BCUT2D eigenvalue weighted by molar-refractivity contribution is 7.91. The Labute approximate surface area is 230 Å². The summed E-state index contributed by atoms with van der Waals surface area (Å²) in [6.07, 6.45) is -4.15. The second-order valence-corrected chi connectivity index (χ2v) is 13.0. The number of carboxylic acids is 1. The van der Waals surface area contributed by atoms with Gasteiger partial charge in [0.2, 0.25) is 0 Å². The zero-order valence-corrected chi connectivity index (χ0v) is 22.7. The summed E-state index contributed by atoms with van der Waals surface area (Å²) < 4.78 is 91.8. The Bertz CT molecular complexity index is 1260. The van der Waals surface area contributed by atoms with Crippen LogP contribution in [0.15, 0.2) is 53.4 Å². The first-order valence-electron chi connectivity index (χ1n) is 13.3. The molecular formula is C28H33F5N2O4S. The molecule has 2 aromatic rings. The summed E-state index contributed by atoms with van der Waals surface area (Å²) in [5, 5.41) is 9.56. The van der Waals surface area contributed by atoms with E-state index in [0.29, 0.717) is 31.6 Å². The summed E-state index contributed by atoms with van der Waals surface area (Å²) in [6, 6.07) is 8.95. The molecular weight excluding hydrogens is 555 g/mol. The molecule has 1 N–H and O–H groups in total. The van der Waals surface area contributed by atoms with Gasteiger partial charge in [-0.1, -0.05) is 12.1 Å². The molecule has 2 heterocycles. The SMILES string of the molecule is O=C(O)C(CC(F)(F)F)N1CC(CN2CCC(CCS(=O)(=O)c3ccc(F)cc3)CC2)C(c2cccc(F)c2)C1. The van der Waals surface area contributed by atoms with E-state index in [4.69, 9.17) is 0 Å². The molecule has 0 amide bonds. The predicted molar refractivity (Wildman–Crippen MR) is 139 cm³/mol. The summed E-state index contributed by atoms with van der Waals surface area (Å²) in [5.74, 6) is -2.90. The van der Waals surface area contributed by atoms with Crippen molar-refractivity contribution in [3.05, 3.63) is 65.7 Å². The van der Waals surface area contributed by atoms with Crippen molar-refractivity contribution in [1.29, 1.82) is 0 Å². The average molecular weight is 589 g/mol. The van der Waals surface area contributed by atoms with Gasteiger partial charge in [0.05, 0.1) is 17.1 Å². The summed E-state index contributed by atoms with van der Waals surface area (Å²) in [5.41, 5.74) is 0.629. The first-order chi connectivity index (χ1) is 18.8. The van der Waals surface area contributed by atoms with Crippen molar-refractivity contribution in [3.8, 4) is 0 Å². The smallest absolute Gasteiger partial charge is 0.391 e. The number of alkyl halides is 3. The van der Waals surface area contributed by atoms with Crippen molar-refractivity contribution in [2.24, 2.45) is 11.8 Å². The van der Waals surface area contributed by atoms with Gasteiger partial charge in [-0.25, -0.2) is 17.2 Å². The van der Waals surface area contributed by atoms with E-state index in [2.05, 4.69) is 4.90 Å². The Balaban J connectivity index is 1.38. The lowest BCUT2D eigenvalue weighted by Crippen LogP contribution is -2.43. The van der Waals surface area contributed by atoms with Crippen LogP contribution in [0.1, 0.15) is 37.2 Å². The molecule has 2 aliphatic rings. The third-order valence-electron chi connectivity index (χ3n) is 8.06. The van der Waals surface area contributed by atoms with E-state index in [1.165, 1.54) is 29.2 Å². The number of carboxylic acid groups (broad SMARTS) is 1. The molecule has 0 saturated carbocycles. The number of carbonyl (C=O) groups is 1. The van der Waals surface area contributed by atoms with Crippen LogP contribution in [-0.4, -0.2) is 80.0 Å². The van der Waals surface area contributed by atoms with E-state index in [1.54, 1.807) is 12.1 Å². The van der Waals surface area contributed by atoms with E-state index in [0.717, 1.165) is 25.0 Å². The van der Waals surface area contributed by atoms with E-state index < -0.39 is 46.1 Å². The van der Waals surface area contributed by atoms with Crippen LogP contribution < -0.4 is 0 Å². The summed E-state index contributed by atoms with van der Waals surface area (Å²) in [6.45, 7) is 2.07. The first-order valence-corrected chi connectivity index (χ1v) is 15.0. The Morgan fingerprint density at radius 2 is 1.68 bits per heavy atom. The van der Waals surface area contributed by atoms with E-state index in [9.17, 15) is 40.3 Å². The van der Waals surface area contributed by atoms with Crippen LogP contribution in [0.5, 0.6) is 0 Å². The van der Waals surface area contributed by atoms with Crippen molar-refractivity contribution in [3.63, 3.8) is 0 Å². The van der Waals surface area contributed by atoms with Crippen LogP contribution >= 0.6 is 0 Å². The number of sulfone groups is 1. The lowest BCUT2D eigenvalue weighted by atomic mass is 9.87. The molecule has 2 fully saturated rings. The molecule has 2 aromatic carbocycles. The number of halogens is 5. The quantitative estimate of drug-likeness (QED) is 0.312. The van der Waals surface area contributed by atoms with Crippen molar-refractivity contribution in [2.75, 3.05) is 38.5 Å². The maximum atomic E-state index is 14.0. The number of hydrogen-bond acceptors (Lipinski definition) is 5. The van der Waals surface area contributed by atoms with Crippen molar-refractivity contribution in [1.82, 2.24) is 9.80 Å². The second kappa shape index (κ2) is 12.5. The third kappa shape index (κ3) is 8.01. The van der Waals surface area contributed by atoms with Crippen LogP contribution in [0.3, 0.4) is 0 Å². The second-order valence-electron chi connectivity index (χ2n) is 10.9. The molecule has 12 heteroatoms. The van der Waals surface area contributed by atoms with Crippen LogP contribution in [0.25, 0.3) is 0 Å². The molecule has 0 radical (unpaired) electrons. The molecule has 0 aliphatic carbocycles. The van der Waals surface area contributed by atoms with Crippen molar-refractivity contribution >= 4 is 15.8 Å². The molecule has 2 aliphatic heterocycles. The Morgan fingerprint density at radius 1 is 1.00 bits per heavy atom. The first kappa shape index (κ1) is 30.4. The average Bonchev–Trinajstić information content (AvgIpc) is 3.30. The topological polar surface area (TPSA) is 77.9 Å². The van der Waals surface area contributed by atoms with E-state index in [-0.39, 0.29) is 41.5 Å². The fourth-order valence-corrected chi connectivity index (χ4v) is 7.35. The van der Waals surface area contributed by atoms with Crippen LogP contribution in [0, 0.1) is 23.5 Å². The number of likely N-dealkylation sites (tertiary alicyclic amines) is 2. The molecule has 3 unspecified atom stereocenters. The number of aliphatic carboxylic acids is 1. The number of benzene rings is 2. The number of hydrogen-bond donors (Lipinski definition) is 1. The van der Waals surface area contributed by atoms with Gasteiger partial charge >= 0.3 is 12.1 Å². The van der Waals surface area contributed by atoms with Gasteiger partial charge in [0, 0.05) is 25.6 Å². The predicted octanol–water partition coefficient (Wildman–Crippen LogP) is 4.96. The minimum atomic E-state index is -4.64. The minimum Gasteiger partial charge on any atom is -0.480 e. The molecule has 40 heavy (non-hydrogen) atoms.